The fraction of sp³-hybridized carbons (Fsp3) is 0.414. The Balaban J connectivity index is 1.22. The van der Waals surface area contributed by atoms with E-state index < -0.39 is 28.5 Å². The molecule has 3 aromatic rings. The van der Waals surface area contributed by atoms with E-state index >= 15 is 0 Å². The van der Waals surface area contributed by atoms with Crippen LogP contribution in [-0.4, -0.2) is 76.6 Å². The number of carbonyl (C=O) groups excluding carboxylic acids is 2. The number of fused-ring (bicyclic) bond motifs is 1. The van der Waals surface area contributed by atoms with Gasteiger partial charge in [-0.15, -0.1) is 0 Å². The lowest BCUT2D eigenvalue weighted by Gasteiger charge is -2.29. The van der Waals surface area contributed by atoms with Crippen molar-refractivity contribution < 1.29 is 32.1 Å². The van der Waals surface area contributed by atoms with Crippen LogP contribution in [0.1, 0.15) is 34.5 Å². The number of morpholine rings is 1. The van der Waals surface area contributed by atoms with Crippen molar-refractivity contribution in [3.05, 3.63) is 64.9 Å². The number of aromatic nitrogens is 2. The van der Waals surface area contributed by atoms with Crippen molar-refractivity contribution in [3.63, 3.8) is 0 Å². The van der Waals surface area contributed by atoms with Crippen molar-refractivity contribution in [2.75, 3.05) is 61.6 Å². The largest absolute Gasteiger partial charge is 0.381 e. The number of ether oxygens (including phenoxy) is 2. The van der Waals surface area contributed by atoms with Crippen molar-refractivity contribution in [1.29, 1.82) is 0 Å². The van der Waals surface area contributed by atoms with Crippen LogP contribution >= 0.6 is 0 Å². The first-order valence-corrected chi connectivity index (χ1v) is 15.3. The number of carbonyl (C=O) groups is 2. The number of nitrogens with zero attached hydrogens (tertiary/aromatic N) is 3. The van der Waals surface area contributed by atoms with Crippen LogP contribution in [0.3, 0.4) is 0 Å². The molecule has 14 heteroatoms. The van der Waals surface area contributed by atoms with Crippen LogP contribution in [0.2, 0.25) is 0 Å². The van der Waals surface area contributed by atoms with Gasteiger partial charge in [-0.25, -0.2) is 17.3 Å². The molecule has 4 heterocycles. The van der Waals surface area contributed by atoms with Gasteiger partial charge in [-0.05, 0) is 43.2 Å². The zero-order valence-electron chi connectivity index (χ0n) is 23.4. The molecule has 43 heavy (non-hydrogen) atoms. The third-order valence-corrected chi connectivity index (χ3v) is 9.30. The summed E-state index contributed by atoms with van der Waals surface area (Å²) in [7, 11) is -1.83. The van der Waals surface area contributed by atoms with Crippen molar-refractivity contribution in [2.24, 2.45) is 5.92 Å². The van der Waals surface area contributed by atoms with Crippen LogP contribution in [0.15, 0.2) is 41.3 Å². The fourth-order valence-electron chi connectivity index (χ4n) is 5.51. The van der Waals surface area contributed by atoms with Gasteiger partial charge in [0.15, 0.2) is 5.82 Å². The molecule has 2 saturated heterocycles. The van der Waals surface area contributed by atoms with Gasteiger partial charge in [0.1, 0.15) is 22.6 Å². The summed E-state index contributed by atoms with van der Waals surface area (Å²) >= 11 is 0. The van der Waals surface area contributed by atoms with E-state index in [1.807, 2.05) is 6.07 Å². The highest BCUT2D eigenvalue weighted by atomic mass is 32.2. The van der Waals surface area contributed by atoms with Gasteiger partial charge in [-0.2, -0.15) is 5.10 Å². The minimum Gasteiger partial charge on any atom is -0.381 e. The van der Waals surface area contributed by atoms with E-state index in [1.165, 1.54) is 0 Å². The molecule has 11 nitrogen and oxygen atoms in total. The summed E-state index contributed by atoms with van der Waals surface area (Å²) in [6.45, 7) is 4.09. The van der Waals surface area contributed by atoms with E-state index in [0.717, 1.165) is 29.6 Å². The summed E-state index contributed by atoms with van der Waals surface area (Å²) in [4.78, 5) is 29.0. The summed E-state index contributed by atoms with van der Waals surface area (Å²) in [5.41, 5.74) is 2.91. The number of amides is 2. The van der Waals surface area contributed by atoms with Crippen LogP contribution in [0.4, 0.5) is 26.0 Å². The number of benzene rings is 2. The Kier molecular flexibility index (Phi) is 8.79. The highest BCUT2D eigenvalue weighted by Gasteiger charge is 2.29. The van der Waals surface area contributed by atoms with Crippen LogP contribution in [-0.2, 0) is 38.2 Å². The Morgan fingerprint density at radius 2 is 1.67 bits per heavy atom. The summed E-state index contributed by atoms with van der Waals surface area (Å²) in [6, 6.07) is 8.14. The molecular formula is C29H32F2N6O5S. The highest BCUT2D eigenvalue weighted by molar-refractivity contribution is 7.82. The molecule has 3 N–H and O–H groups in total. The van der Waals surface area contributed by atoms with Gasteiger partial charge in [0.25, 0.3) is 5.91 Å². The second-order valence-electron chi connectivity index (χ2n) is 10.7. The molecule has 2 aromatic carbocycles. The van der Waals surface area contributed by atoms with Gasteiger partial charge in [-0.3, -0.25) is 14.7 Å². The third-order valence-electron chi connectivity index (χ3n) is 7.88. The van der Waals surface area contributed by atoms with E-state index in [0.29, 0.717) is 76.6 Å². The minimum absolute atomic E-state index is 0.0142. The molecule has 0 bridgehead atoms. The number of hydrogen-bond donors (Lipinski definition) is 3. The number of H-pyrrole nitrogens is 1. The second kappa shape index (κ2) is 12.9. The van der Waals surface area contributed by atoms with E-state index in [4.69, 9.17) is 9.47 Å². The zero-order chi connectivity index (χ0) is 29.9. The van der Waals surface area contributed by atoms with Crippen LogP contribution in [0.5, 0.6) is 0 Å². The van der Waals surface area contributed by atoms with E-state index in [9.17, 15) is 22.6 Å². The summed E-state index contributed by atoms with van der Waals surface area (Å²) in [6.07, 6.45) is 1.66. The number of hydrogen-bond acceptors (Lipinski definition) is 7. The second-order valence-corrected chi connectivity index (χ2v) is 12.1. The number of aromatic amines is 1. The SMILES string of the molecule is O=C(Nc1n[nH]c2c1CN(S(=O)c1cc(F)cc(F)c1)CC2)c1ccc(N2CCOCC2)cc1NC(=O)C1CCOCC1. The van der Waals surface area contributed by atoms with E-state index in [2.05, 4.69) is 25.7 Å². The predicted molar refractivity (Wildman–Crippen MR) is 155 cm³/mol. The minimum atomic E-state index is -1.83. The fourth-order valence-corrected chi connectivity index (χ4v) is 6.74. The molecule has 1 atom stereocenters. The molecule has 2 amide bonds. The average molecular weight is 615 g/mol. The first kappa shape index (κ1) is 29.4. The van der Waals surface area contributed by atoms with Crippen LogP contribution < -0.4 is 15.5 Å². The zero-order valence-corrected chi connectivity index (χ0v) is 24.2. The molecule has 2 fully saturated rings. The molecule has 0 radical (unpaired) electrons. The molecule has 0 aliphatic carbocycles. The first-order chi connectivity index (χ1) is 20.9. The van der Waals surface area contributed by atoms with Gasteiger partial charge in [-0.1, -0.05) is 0 Å². The third kappa shape index (κ3) is 6.61. The Morgan fingerprint density at radius 3 is 2.42 bits per heavy atom. The van der Waals surface area contributed by atoms with Crippen molar-refractivity contribution in [1.82, 2.24) is 14.5 Å². The normalized spacial score (nSPS) is 18.6. The Hall–Kier alpha value is -3.72. The maximum atomic E-state index is 13.8. The van der Waals surface area contributed by atoms with Gasteiger partial charge in [0, 0.05) is 74.7 Å². The molecule has 3 aliphatic rings. The molecule has 1 unspecified atom stereocenters. The summed E-state index contributed by atoms with van der Waals surface area (Å²) in [5, 5.41) is 13.0. The maximum absolute atomic E-state index is 13.8. The Morgan fingerprint density at radius 1 is 0.953 bits per heavy atom. The summed E-state index contributed by atoms with van der Waals surface area (Å²) < 4.78 is 53.1. The average Bonchev–Trinajstić information content (AvgIpc) is 3.42. The standard InChI is InChI=1S/C29H32F2N6O5S/c30-19-13-20(31)15-22(14-19)43(40)37-6-3-25-24(17-37)27(35-34-25)33-29(39)23-2-1-21(36-7-11-42-12-8-36)16-26(23)32-28(38)18-4-9-41-10-5-18/h1-2,13-16,18H,3-12,17H2,(H,32,38)(H2,33,34,35,39). The molecule has 228 valence electrons. The summed E-state index contributed by atoms with van der Waals surface area (Å²) in [5.74, 6) is -2.22. The number of nitrogens with one attached hydrogen (secondary N) is 3. The smallest absolute Gasteiger partial charge is 0.258 e. The number of rotatable bonds is 7. The first-order valence-electron chi connectivity index (χ1n) is 14.2. The molecule has 0 spiro atoms. The highest BCUT2D eigenvalue weighted by Crippen LogP contribution is 2.30. The molecule has 0 saturated carbocycles. The van der Waals surface area contributed by atoms with E-state index in [-0.39, 0.29) is 34.6 Å². The van der Waals surface area contributed by atoms with Gasteiger partial charge in [0.05, 0.1) is 29.4 Å². The molecule has 6 rings (SSSR count). The predicted octanol–water partition coefficient (Wildman–Crippen LogP) is 3.22. The monoisotopic (exact) mass is 614 g/mol. The van der Waals surface area contributed by atoms with Crippen molar-refractivity contribution in [2.45, 2.75) is 30.7 Å². The van der Waals surface area contributed by atoms with Crippen molar-refractivity contribution >= 4 is 40.0 Å². The van der Waals surface area contributed by atoms with Crippen molar-refractivity contribution in [3.8, 4) is 0 Å². The Labute approximate surface area is 249 Å². The molecule has 3 aliphatic heterocycles. The van der Waals surface area contributed by atoms with Gasteiger partial charge in [0.2, 0.25) is 5.91 Å². The van der Waals surface area contributed by atoms with Gasteiger partial charge < -0.3 is 25.0 Å². The van der Waals surface area contributed by atoms with Crippen LogP contribution in [0, 0.1) is 17.6 Å². The Bertz CT molecular complexity index is 1520. The lowest BCUT2D eigenvalue weighted by Crippen LogP contribution is -2.36. The quantitative estimate of drug-likeness (QED) is 0.373. The van der Waals surface area contributed by atoms with E-state index in [1.54, 1.807) is 16.4 Å². The maximum Gasteiger partial charge on any atom is 0.258 e. The number of anilines is 3. The topological polar surface area (TPSA) is 129 Å². The number of halogens is 2. The molecular weight excluding hydrogens is 582 g/mol. The van der Waals surface area contributed by atoms with Crippen LogP contribution in [0.25, 0.3) is 0 Å². The lowest BCUT2D eigenvalue weighted by atomic mass is 9.99. The molecule has 1 aromatic heterocycles. The van der Waals surface area contributed by atoms with Gasteiger partial charge >= 0.3 is 0 Å². The lowest BCUT2D eigenvalue weighted by molar-refractivity contribution is -0.122.